The first-order valence-electron chi connectivity index (χ1n) is 7.28. The highest BCUT2D eigenvalue weighted by molar-refractivity contribution is 7.18. The van der Waals surface area contributed by atoms with E-state index in [4.69, 9.17) is 0 Å². The van der Waals surface area contributed by atoms with Crippen LogP contribution in [-0.4, -0.2) is 0 Å². The van der Waals surface area contributed by atoms with Gasteiger partial charge in [0.05, 0.1) is 0 Å². The van der Waals surface area contributed by atoms with Crippen LogP contribution in [0.3, 0.4) is 0 Å². The SMILES string of the molecule is Cc1cc(C)cc(-c2ccc(-c3cc(C)cc(C)c3)s2)c1. The Kier molecular flexibility index (Phi) is 3.69. The maximum atomic E-state index is 2.27. The molecule has 1 aromatic heterocycles. The Morgan fingerprint density at radius 1 is 0.524 bits per heavy atom. The molecule has 21 heavy (non-hydrogen) atoms. The minimum absolute atomic E-state index is 1.33. The van der Waals surface area contributed by atoms with E-state index >= 15 is 0 Å². The maximum Gasteiger partial charge on any atom is 0.0349 e. The van der Waals surface area contributed by atoms with E-state index in [1.807, 2.05) is 11.3 Å². The van der Waals surface area contributed by atoms with Crippen LogP contribution >= 0.6 is 11.3 Å². The molecule has 0 atom stereocenters. The van der Waals surface area contributed by atoms with Gasteiger partial charge in [-0.05, 0) is 51.0 Å². The molecule has 0 saturated heterocycles. The van der Waals surface area contributed by atoms with Gasteiger partial charge in [0.15, 0.2) is 0 Å². The van der Waals surface area contributed by atoms with Gasteiger partial charge < -0.3 is 0 Å². The first-order chi connectivity index (χ1) is 10.0. The van der Waals surface area contributed by atoms with Crippen molar-refractivity contribution in [3.05, 3.63) is 70.8 Å². The second-order valence-electron chi connectivity index (χ2n) is 5.92. The predicted octanol–water partition coefficient (Wildman–Crippen LogP) is 6.32. The highest BCUT2D eigenvalue weighted by Crippen LogP contribution is 2.35. The Bertz CT molecular complexity index is 687. The molecule has 0 amide bonds. The van der Waals surface area contributed by atoms with Gasteiger partial charge in [-0.25, -0.2) is 0 Å². The fraction of sp³-hybridized carbons (Fsp3) is 0.200. The minimum atomic E-state index is 1.33. The van der Waals surface area contributed by atoms with Gasteiger partial charge in [-0.2, -0.15) is 0 Å². The second kappa shape index (κ2) is 5.50. The molecule has 0 N–H and O–H groups in total. The van der Waals surface area contributed by atoms with Crippen LogP contribution in [0, 0.1) is 27.7 Å². The fourth-order valence-electron chi connectivity index (χ4n) is 2.88. The molecule has 1 heterocycles. The van der Waals surface area contributed by atoms with E-state index in [1.165, 1.54) is 43.1 Å². The molecule has 0 spiro atoms. The first-order valence-corrected chi connectivity index (χ1v) is 8.10. The van der Waals surface area contributed by atoms with E-state index in [0.717, 1.165) is 0 Å². The summed E-state index contributed by atoms with van der Waals surface area (Å²) in [7, 11) is 0. The normalized spacial score (nSPS) is 10.9. The highest BCUT2D eigenvalue weighted by Gasteiger charge is 2.07. The number of thiophene rings is 1. The Hall–Kier alpha value is -1.86. The summed E-state index contributed by atoms with van der Waals surface area (Å²) in [5.41, 5.74) is 7.96. The smallest absolute Gasteiger partial charge is 0.0349 e. The summed E-state index contributed by atoms with van der Waals surface area (Å²) in [5.74, 6) is 0. The van der Waals surface area contributed by atoms with E-state index in [2.05, 4.69) is 76.2 Å². The van der Waals surface area contributed by atoms with Crippen LogP contribution in [0.5, 0.6) is 0 Å². The average Bonchev–Trinajstić information content (AvgIpc) is 2.85. The third-order valence-electron chi connectivity index (χ3n) is 3.62. The molecule has 0 aliphatic carbocycles. The van der Waals surface area contributed by atoms with Crippen molar-refractivity contribution < 1.29 is 0 Å². The zero-order chi connectivity index (χ0) is 15.0. The highest BCUT2D eigenvalue weighted by atomic mass is 32.1. The van der Waals surface area contributed by atoms with Crippen molar-refractivity contribution in [3.8, 4) is 20.9 Å². The van der Waals surface area contributed by atoms with Crippen molar-refractivity contribution in [1.29, 1.82) is 0 Å². The van der Waals surface area contributed by atoms with Crippen LogP contribution in [-0.2, 0) is 0 Å². The lowest BCUT2D eigenvalue weighted by Gasteiger charge is -2.03. The second-order valence-corrected chi connectivity index (χ2v) is 7.00. The summed E-state index contributed by atoms with van der Waals surface area (Å²) in [5, 5.41) is 0. The van der Waals surface area contributed by atoms with E-state index in [1.54, 1.807) is 0 Å². The van der Waals surface area contributed by atoms with Gasteiger partial charge in [0.25, 0.3) is 0 Å². The lowest BCUT2D eigenvalue weighted by atomic mass is 10.1. The van der Waals surface area contributed by atoms with Crippen molar-refractivity contribution >= 4 is 11.3 Å². The fourth-order valence-corrected chi connectivity index (χ4v) is 3.86. The Morgan fingerprint density at radius 3 is 1.19 bits per heavy atom. The number of benzene rings is 2. The Morgan fingerprint density at radius 2 is 0.857 bits per heavy atom. The van der Waals surface area contributed by atoms with Gasteiger partial charge >= 0.3 is 0 Å². The zero-order valence-corrected chi connectivity index (χ0v) is 13.8. The molecule has 3 rings (SSSR count). The van der Waals surface area contributed by atoms with Crippen molar-refractivity contribution in [2.24, 2.45) is 0 Å². The molecule has 106 valence electrons. The molecule has 0 unspecified atom stereocenters. The molecule has 1 heteroatoms. The topological polar surface area (TPSA) is 0 Å². The number of rotatable bonds is 2. The summed E-state index contributed by atoms with van der Waals surface area (Å²) in [4.78, 5) is 2.69. The monoisotopic (exact) mass is 292 g/mol. The van der Waals surface area contributed by atoms with Gasteiger partial charge in [-0.1, -0.05) is 58.7 Å². The number of aryl methyl sites for hydroxylation is 4. The molecule has 0 fully saturated rings. The summed E-state index contributed by atoms with van der Waals surface area (Å²) in [6.07, 6.45) is 0. The van der Waals surface area contributed by atoms with E-state index in [0.29, 0.717) is 0 Å². The zero-order valence-electron chi connectivity index (χ0n) is 13.0. The third-order valence-corrected chi connectivity index (χ3v) is 4.80. The van der Waals surface area contributed by atoms with Gasteiger partial charge in [-0.15, -0.1) is 11.3 Å². The summed E-state index contributed by atoms with van der Waals surface area (Å²) in [6, 6.07) is 18.0. The van der Waals surface area contributed by atoms with Crippen molar-refractivity contribution in [1.82, 2.24) is 0 Å². The van der Waals surface area contributed by atoms with E-state index in [9.17, 15) is 0 Å². The van der Waals surface area contributed by atoms with Crippen LogP contribution in [0.25, 0.3) is 20.9 Å². The van der Waals surface area contributed by atoms with Crippen molar-refractivity contribution in [2.45, 2.75) is 27.7 Å². The van der Waals surface area contributed by atoms with Gasteiger partial charge in [0.2, 0.25) is 0 Å². The Balaban J connectivity index is 2.03. The van der Waals surface area contributed by atoms with Crippen molar-refractivity contribution in [3.63, 3.8) is 0 Å². The van der Waals surface area contributed by atoms with Gasteiger partial charge in [0.1, 0.15) is 0 Å². The van der Waals surface area contributed by atoms with Crippen LogP contribution in [0.2, 0.25) is 0 Å². The Labute approximate surface area is 131 Å². The predicted molar refractivity (Wildman–Crippen MR) is 94.1 cm³/mol. The van der Waals surface area contributed by atoms with Gasteiger partial charge in [-0.3, -0.25) is 0 Å². The van der Waals surface area contributed by atoms with Crippen LogP contribution in [0.15, 0.2) is 48.5 Å². The molecular weight excluding hydrogens is 272 g/mol. The summed E-state index contributed by atoms with van der Waals surface area (Å²) < 4.78 is 0. The average molecular weight is 292 g/mol. The summed E-state index contributed by atoms with van der Waals surface area (Å²) >= 11 is 1.87. The maximum absolute atomic E-state index is 2.27. The lowest BCUT2D eigenvalue weighted by molar-refractivity contribution is 1.39. The van der Waals surface area contributed by atoms with Crippen molar-refractivity contribution in [2.75, 3.05) is 0 Å². The van der Waals surface area contributed by atoms with E-state index in [-0.39, 0.29) is 0 Å². The molecular formula is C20H20S. The minimum Gasteiger partial charge on any atom is -0.135 e. The largest absolute Gasteiger partial charge is 0.135 e. The van der Waals surface area contributed by atoms with Crippen LogP contribution < -0.4 is 0 Å². The van der Waals surface area contributed by atoms with Crippen LogP contribution in [0.1, 0.15) is 22.3 Å². The molecule has 0 saturated carbocycles. The first kappa shape index (κ1) is 14.1. The number of hydrogen-bond donors (Lipinski definition) is 0. The standard InChI is InChI=1S/C20H20S/c1-13-7-14(2)10-17(9-13)19-5-6-20(21-19)18-11-15(3)8-16(4)12-18/h5-12H,1-4H3. The molecule has 0 bridgehead atoms. The molecule has 0 aliphatic rings. The van der Waals surface area contributed by atoms with Gasteiger partial charge in [0, 0.05) is 9.75 Å². The molecule has 0 radical (unpaired) electrons. The molecule has 0 aliphatic heterocycles. The van der Waals surface area contributed by atoms with E-state index < -0.39 is 0 Å². The number of hydrogen-bond acceptors (Lipinski definition) is 1. The van der Waals surface area contributed by atoms with Crippen LogP contribution in [0.4, 0.5) is 0 Å². The molecule has 0 nitrogen and oxygen atoms in total. The molecule has 3 aromatic rings. The third kappa shape index (κ3) is 3.08. The summed E-state index contributed by atoms with van der Waals surface area (Å²) in [6.45, 7) is 8.65. The molecule has 2 aromatic carbocycles. The lowest BCUT2D eigenvalue weighted by Crippen LogP contribution is -1.80. The quantitative estimate of drug-likeness (QED) is 0.518.